The van der Waals surface area contributed by atoms with Crippen molar-refractivity contribution in [1.82, 2.24) is 15.0 Å². The largest absolute Gasteiger partial charge is 0.456 e. The van der Waals surface area contributed by atoms with Crippen molar-refractivity contribution < 1.29 is 13.3 Å². The summed E-state index contributed by atoms with van der Waals surface area (Å²) < 4.78 is 19.7. The normalized spacial score (nSPS) is 11.8. The maximum absolute atomic E-state index is 6.88. The van der Waals surface area contributed by atoms with E-state index in [1.165, 1.54) is 0 Å². The van der Waals surface area contributed by atoms with Crippen LogP contribution in [0.4, 0.5) is 0 Å². The minimum atomic E-state index is 0.545. The van der Waals surface area contributed by atoms with Crippen molar-refractivity contribution in [3.63, 3.8) is 0 Å². The van der Waals surface area contributed by atoms with E-state index in [0.29, 0.717) is 17.5 Å². The molecule has 4 heterocycles. The molecule has 6 heteroatoms. The fourth-order valence-corrected chi connectivity index (χ4v) is 9.28. The Morgan fingerprint density at radius 1 is 0.254 bits per heavy atom. The second-order valence-corrected chi connectivity index (χ2v) is 15.8. The topological polar surface area (TPSA) is 78.1 Å². The van der Waals surface area contributed by atoms with Gasteiger partial charge in [-0.15, -0.1) is 0 Å². The van der Waals surface area contributed by atoms with Gasteiger partial charge in [0.25, 0.3) is 0 Å². The summed E-state index contributed by atoms with van der Waals surface area (Å²) in [7, 11) is 0. The lowest BCUT2D eigenvalue weighted by Gasteiger charge is -2.12. The highest BCUT2D eigenvalue weighted by atomic mass is 16.3. The van der Waals surface area contributed by atoms with Crippen molar-refractivity contribution in [2.24, 2.45) is 0 Å². The van der Waals surface area contributed by atoms with E-state index in [4.69, 9.17) is 28.2 Å². The molecule has 0 aliphatic carbocycles. The summed E-state index contributed by atoms with van der Waals surface area (Å²) in [5.74, 6) is 1.67. The summed E-state index contributed by atoms with van der Waals surface area (Å²) in [6.45, 7) is 0. The monoisotopic (exact) mass is 807 g/mol. The van der Waals surface area contributed by atoms with E-state index < -0.39 is 0 Å². The van der Waals surface area contributed by atoms with E-state index in [1.54, 1.807) is 0 Å². The SMILES string of the molecule is c1ccc(-c2nc(-c3ccc4c(c3)oc3c(-c5ccccc5-c5cccc6oc7ccccc7c56)cccc34)nc(-c3ccc4c(c3)oc3cccc(-c5ccccc5)c34)n2)cc1. The molecule has 63 heavy (non-hydrogen) atoms. The van der Waals surface area contributed by atoms with Gasteiger partial charge in [-0.2, -0.15) is 0 Å². The first-order valence-electron chi connectivity index (χ1n) is 21.0. The quantitative estimate of drug-likeness (QED) is 0.166. The van der Waals surface area contributed by atoms with Gasteiger partial charge in [-0.05, 0) is 70.3 Å². The van der Waals surface area contributed by atoms with Crippen LogP contribution in [0, 0.1) is 0 Å². The van der Waals surface area contributed by atoms with Crippen LogP contribution >= 0.6 is 0 Å². The smallest absolute Gasteiger partial charge is 0.164 e. The van der Waals surface area contributed by atoms with Crippen LogP contribution < -0.4 is 0 Å². The van der Waals surface area contributed by atoms with Crippen LogP contribution in [0.25, 0.3) is 133 Å². The lowest BCUT2D eigenvalue weighted by atomic mass is 9.91. The molecule has 0 saturated carbocycles. The molecule has 9 aromatic carbocycles. The molecular weight excluding hydrogens is 775 g/mol. The summed E-state index contributed by atoms with van der Waals surface area (Å²) in [5.41, 5.74) is 14.0. The number of rotatable bonds is 6. The second kappa shape index (κ2) is 14.0. The fourth-order valence-electron chi connectivity index (χ4n) is 9.28. The maximum Gasteiger partial charge on any atom is 0.164 e. The van der Waals surface area contributed by atoms with Gasteiger partial charge in [0.2, 0.25) is 0 Å². The predicted octanol–water partition coefficient (Wildman–Crippen LogP) is 15.6. The standard InChI is InChI=1S/C57H33N3O3/c1-3-14-34(15-4-1)38-21-12-26-48-52(38)46-31-29-37(33-51(46)62-48)57-59-55(35-16-5-2-6-17-35)58-56(60-57)36-28-30-41-44-24-11-23-43(54(44)63-50(41)32-36)40-19-8-7-18-39(40)42-22-13-27-49-53(42)45-20-9-10-25-47(45)61-49/h1-33H. The van der Waals surface area contributed by atoms with Gasteiger partial charge in [0, 0.05) is 54.6 Å². The van der Waals surface area contributed by atoms with Crippen molar-refractivity contribution in [3.8, 4) is 67.5 Å². The zero-order chi connectivity index (χ0) is 41.4. The van der Waals surface area contributed by atoms with E-state index in [9.17, 15) is 0 Å². The van der Waals surface area contributed by atoms with Gasteiger partial charge >= 0.3 is 0 Å². The Hall–Kier alpha value is -8.61. The number of furan rings is 3. The molecule has 0 saturated heterocycles. The number of nitrogens with zero attached hydrogens (tertiary/aromatic N) is 3. The molecule has 0 atom stereocenters. The van der Waals surface area contributed by atoms with Gasteiger partial charge in [-0.3, -0.25) is 0 Å². The fraction of sp³-hybridized carbons (Fsp3) is 0. The lowest BCUT2D eigenvalue weighted by molar-refractivity contribution is 0.668. The van der Waals surface area contributed by atoms with Crippen molar-refractivity contribution in [1.29, 1.82) is 0 Å². The molecule has 13 aromatic rings. The molecule has 0 aliphatic heterocycles. The molecule has 0 spiro atoms. The highest BCUT2D eigenvalue weighted by Crippen LogP contribution is 2.44. The van der Waals surface area contributed by atoms with Gasteiger partial charge in [0.15, 0.2) is 17.5 Å². The minimum Gasteiger partial charge on any atom is -0.456 e. The molecule has 0 aliphatic rings. The number of hydrogen-bond acceptors (Lipinski definition) is 6. The van der Waals surface area contributed by atoms with Gasteiger partial charge in [-0.1, -0.05) is 158 Å². The van der Waals surface area contributed by atoms with Gasteiger partial charge < -0.3 is 13.3 Å². The molecule has 6 nitrogen and oxygen atoms in total. The molecule has 294 valence electrons. The molecular formula is C57H33N3O3. The first-order chi connectivity index (χ1) is 31.2. The predicted molar refractivity (Wildman–Crippen MR) is 254 cm³/mol. The Balaban J connectivity index is 0.944. The average Bonchev–Trinajstić information content (AvgIpc) is 4.05. The van der Waals surface area contributed by atoms with E-state index in [0.717, 1.165) is 116 Å². The molecule has 0 N–H and O–H groups in total. The Morgan fingerprint density at radius 3 is 1.44 bits per heavy atom. The third-order valence-corrected chi connectivity index (χ3v) is 12.2. The van der Waals surface area contributed by atoms with Gasteiger partial charge in [-0.25, -0.2) is 15.0 Å². The van der Waals surface area contributed by atoms with Crippen molar-refractivity contribution in [3.05, 3.63) is 200 Å². The Morgan fingerprint density at radius 2 is 0.714 bits per heavy atom. The molecule has 0 unspecified atom stereocenters. The van der Waals surface area contributed by atoms with Crippen LogP contribution in [0.15, 0.2) is 213 Å². The zero-order valence-electron chi connectivity index (χ0n) is 33.6. The summed E-state index contributed by atoms with van der Waals surface area (Å²) in [6.07, 6.45) is 0. The number of fused-ring (bicyclic) bond motifs is 9. The second-order valence-electron chi connectivity index (χ2n) is 15.8. The average molecular weight is 808 g/mol. The maximum atomic E-state index is 6.88. The first kappa shape index (κ1) is 35.2. The van der Waals surface area contributed by atoms with E-state index in [2.05, 4.69) is 121 Å². The van der Waals surface area contributed by atoms with Gasteiger partial charge in [0.1, 0.15) is 33.5 Å². The number of benzene rings is 9. The Labute approximate surface area is 360 Å². The summed E-state index contributed by atoms with van der Waals surface area (Å²) >= 11 is 0. The van der Waals surface area contributed by atoms with Crippen LogP contribution in [0.1, 0.15) is 0 Å². The van der Waals surface area contributed by atoms with E-state index in [1.807, 2.05) is 78.9 Å². The van der Waals surface area contributed by atoms with E-state index in [-0.39, 0.29) is 0 Å². The van der Waals surface area contributed by atoms with Crippen molar-refractivity contribution in [2.75, 3.05) is 0 Å². The third-order valence-electron chi connectivity index (χ3n) is 12.2. The first-order valence-corrected chi connectivity index (χ1v) is 21.0. The third kappa shape index (κ3) is 5.69. The highest BCUT2D eigenvalue weighted by molar-refractivity contribution is 6.16. The molecule has 0 amide bonds. The number of para-hydroxylation sites is 2. The minimum absolute atomic E-state index is 0.545. The molecule has 13 rings (SSSR count). The highest BCUT2D eigenvalue weighted by Gasteiger charge is 2.21. The number of aromatic nitrogens is 3. The lowest BCUT2D eigenvalue weighted by Crippen LogP contribution is -2.00. The zero-order valence-corrected chi connectivity index (χ0v) is 33.6. The van der Waals surface area contributed by atoms with Crippen LogP contribution in [0.5, 0.6) is 0 Å². The van der Waals surface area contributed by atoms with E-state index >= 15 is 0 Å². The van der Waals surface area contributed by atoms with Crippen molar-refractivity contribution >= 4 is 65.8 Å². The molecule has 0 bridgehead atoms. The Kier molecular flexibility index (Phi) is 7.80. The molecule has 0 fully saturated rings. The van der Waals surface area contributed by atoms with Crippen molar-refractivity contribution in [2.45, 2.75) is 0 Å². The summed E-state index contributed by atoms with van der Waals surface area (Å²) in [4.78, 5) is 15.2. The van der Waals surface area contributed by atoms with Crippen LogP contribution in [0.3, 0.4) is 0 Å². The van der Waals surface area contributed by atoms with Crippen LogP contribution in [-0.4, -0.2) is 15.0 Å². The summed E-state index contributed by atoms with van der Waals surface area (Å²) in [6, 6.07) is 68.5. The molecule has 0 radical (unpaired) electrons. The van der Waals surface area contributed by atoms with Crippen LogP contribution in [-0.2, 0) is 0 Å². The number of hydrogen-bond donors (Lipinski definition) is 0. The Bertz CT molecular complexity index is 3920. The molecule has 4 aromatic heterocycles. The van der Waals surface area contributed by atoms with Crippen LogP contribution in [0.2, 0.25) is 0 Å². The summed E-state index contributed by atoms with van der Waals surface area (Å²) in [5, 5.41) is 6.36. The van der Waals surface area contributed by atoms with Gasteiger partial charge in [0.05, 0.1) is 0 Å².